The molecule has 144 valence electrons. The largest absolute Gasteiger partial charge is 0.481 e. The van der Waals surface area contributed by atoms with Crippen LogP contribution >= 0.6 is 11.8 Å². The Morgan fingerprint density at radius 1 is 1.30 bits per heavy atom. The number of carbonyl (C=O) groups is 2. The summed E-state index contributed by atoms with van der Waals surface area (Å²) in [6.45, 7) is 6.27. The number of nitrogens with one attached hydrogen (secondary N) is 1. The molecule has 1 saturated carbocycles. The van der Waals surface area contributed by atoms with Gasteiger partial charge in [0.25, 0.3) is 5.91 Å². The van der Waals surface area contributed by atoms with Crippen LogP contribution in [-0.4, -0.2) is 32.5 Å². The van der Waals surface area contributed by atoms with Gasteiger partial charge in [0.05, 0.1) is 11.3 Å². The van der Waals surface area contributed by atoms with Gasteiger partial charge in [-0.15, -0.1) is 11.8 Å². The summed E-state index contributed by atoms with van der Waals surface area (Å²) in [7, 11) is 0. The Kier molecular flexibility index (Phi) is 5.60. The third-order valence-electron chi connectivity index (χ3n) is 4.28. The molecule has 0 unspecified atom stereocenters. The van der Waals surface area contributed by atoms with Crippen molar-refractivity contribution in [2.45, 2.75) is 50.8 Å². The number of hydrogen-bond donors (Lipinski definition) is 2. The first-order valence-electron chi connectivity index (χ1n) is 9.04. The summed E-state index contributed by atoms with van der Waals surface area (Å²) in [6, 6.07) is 9.38. The smallest absolute Gasteiger partial charge is 0.313 e. The summed E-state index contributed by atoms with van der Waals surface area (Å²) in [5.74, 6) is 0.0964. The number of benzene rings is 1. The van der Waals surface area contributed by atoms with Crippen molar-refractivity contribution < 1.29 is 14.7 Å². The highest BCUT2D eigenvalue weighted by Gasteiger charge is 2.32. The summed E-state index contributed by atoms with van der Waals surface area (Å²) >= 11 is 1.33. The van der Waals surface area contributed by atoms with Gasteiger partial charge in [0.1, 0.15) is 0 Å². The molecule has 1 fully saturated rings. The molecule has 3 rings (SSSR count). The molecule has 1 aliphatic carbocycles. The Hall–Kier alpha value is -2.28. The van der Waals surface area contributed by atoms with Crippen LogP contribution in [0.1, 0.15) is 61.3 Å². The third-order valence-corrected chi connectivity index (χ3v) is 5.27. The van der Waals surface area contributed by atoms with Crippen molar-refractivity contribution in [2.24, 2.45) is 0 Å². The van der Waals surface area contributed by atoms with E-state index in [1.807, 2.05) is 35.0 Å². The summed E-state index contributed by atoms with van der Waals surface area (Å²) in [5, 5.41) is 16.2. The highest BCUT2D eigenvalue weighted by molar-refractivity contribution is 7.99. The van der Waals surface area contributed by atoms with Crippen LogP contribution in [0.2, 0.25) is 0 Å². The van der Waals surface area contributed by atoms with Crippen LogP contribution in [0.15, 0.2) is 30.3 Å². The van der Waals surface area contributed by atoms with Crippen LogP contribution < -0.4 is 5.32 Å². The molecule has 0 bridgehead atoms. The third kappa shape index (κ3) is 5.13. The molecule has 0 spiro atoms. The maximum Gasteiger partial charge on any atom is 0.313 e. The zero-order valence-electron chi connectivity index (χ0n) is 15.9. The fourth-order valence-corrected chi connectivity index (χ4v) is 3.60. The second-order valence-electron chi connectivity index (χ2n) is 7.85. The van der Waals surface area contributed by atoms with Crippen LogP contribution in [0.5, 0.6) is 0 Å². The average molecular weight is 388 g/mol. The number of carbonyl (C=O) groups excluding carboxylic acids is 1. The fourth-order valence-electron chi connectivity index (χ4n) is 2.90. The summed E-state index contributed by atoms with van der Waals surface area (Å²) in [4.78, 5) is 23.3. The molecule has 0 atom stereocenters. The van der Waals surface area contributed by atoms with Crippen LogP contribution in [-0.2, 0) is 16.1 Å². The Bertz CT molecular complexity index is 850. The second-order valence-corrected chi connectivity index (χ2v) is 8.84. The number of nitrogens with zero attached hydrogens (tertiary/aromatic N) is 2. The van der Waals surface area contributed by atoms with Gasteiger partial charge in [-0.05, 0) is 57.4 Å². The maximum atomic E-state index is 12.7. The SMILES string of the molecule is CC(C)(C)n1nc(C(=O)Nc2cccc(CSCC(=O)O)c2)cc1C1CC1. The van der Waals surface area contributed by atoms with Crippen LogP contribution in [0.4, 0.5) is 5.69 Å². The molecule has 27 heavy (non-hydrogen) atoms. The van der Waals surface area contributed by atoms with E-state index in [0.29, 0.717) is 23.1 Å². The Morgan fingerprint density at radius 2 is 2.04 bits per heavy atom. The number of anilines is 1. The van der Waals surface area contributed by atoms with Crippen LogP contribution in [0, 0.1) is 0 Å². The number of aliphatic carboxylic acids is 1. The first-order valence-corrected chi connectivity index (χ1v) is 10.2. The van der Waals surface area contributed by atoms with Crippen LogP contribution in [0.25, 0.3) is 0 Å². The minimum Gasteiger partial charge on any atom is -0.481 e. The lowest BCUT2D eigenvalue weighted by atomic mass is 10.1. The second kappa shape index (κ2) is 7.76. The standard InChI is InChI=1S/C20H25N3O3S/c1-20(2,3)23-17(14-7-8-14)10-16(22-23)19(26)21-15-6-4-5-13(9-15)11-27-12-18(24)25/h4-6,9-10,14H,7-8,11-12H2,1-3H3,(H,21,26)(H,24,25). The van der Waals surface area contributed by atoms with E-state index >= 15 is 0 Å². The molecular formula is C20H25N3O3S. The Balaban J connectivity index is 1.71. The van der Waals surface area contributed by atoms with Gasteiger partial charge in [-0.25, -0.2) is 0 Å². The fraction of sp³-hybridized carbons (Fsp3) is 0.450. The molecule has 1 aromatic heterocycles. The quantitative estimate of drug-likeness (QED) is 0.748. The van der Waals surface area contributed by atoms with E-state index in [4.69, 9.17) is 5.11 Å². The van der Waals surface area contributed by atoms with Gasteiger partial charge in [0, 0.05) is 23.1 Å². The molecule has 1 heterocycles. The van der Waals surface area contributed by atoms with Crippen molar-refractivity contribution in [2.75, 3.05) is 11.1 Å². The molecule has 1 amide bonds. The number of aromatic nitrogens is 2. The molecule has 7 heteroatoms. The van der Waals surface area contributed by atoms with E-state index in [2.05, 4.69) is 31.2 Å². The lowest BCUT2D eigenvalue weighted by Gasteiger charge is -2.22. The topological polar surface area (TPSA) is 84.2 Å². The van der Waals surface area contributed by atoms with Gasteiger partial charge in [0.2, 0.25) is 0 Å². The number of carboxylic acids is 1. The maximum absolute atomic E-state index is 12.7. The highest BCUT2D eigenvalue weighted by atomic mass is 32.2. The first-order chi connectivity index (χ1) is 12.7. The minimum atomic E-state index is -0.828. The van der Waals surface area contributed by atoms with Gasteiger partial charge in [0.15, 0.2) is 5.69 Å². The number of amides is 1. The van der Waals surface area contributed by atoms with Gasteiger partial charge < -0.3 is 10.4 Å². The van der Waals surface area contributed by atoms with Gasteiger partial charge in [-0.1, -0.05) is 12.1 Å². The number of carboxylic acid groups (broad SMARTS) is 1. The molecular weight excluding hydrogens is 362 g/mol. The van der Waals surface area contributed by atoms with E-state index in [0.717, 1.165) is 24.1 Å². The minimum absolute atomic E-state index is 0.0603. The molecule has 0 radical (unpaired) electrons. The first kappa shape index (κ1) is 19.5. The lowest BCUT2D eigenvalue weighted by Crippen LogP contribution is -2.25. The summed E-state index contributed by atoms with van der Waals surface area (Å²) in [5.41, 5.74) is 3.05. The van der Waals surface area contributed by atoms with Crippen molar-refractivity contribution in [3.63, 3.8) is 0 Å². The number of rotatable bonds is 7. The van der Waals surface area contributed by atoms with E-state index < -0.39 is 5.97 Å². The molecule has 2 N–H and O–H groups in total. The Morgan fingerprint density at radius 3 is 2.67 bits per heavy atom. The van der Waals surface area contributed by atoms with Crippen molar-refractivity contribution in [1.29, 1.82) is 0 Å². The number of thioether (sulfide) groups is 1. The molecule has 6 nitrogen and oxygen atoms in total. The van der Waals surface area contributed by atoms with E-state index in [1.165, 1.54) is 11.8 Å². The lowest BCUT2D eigenvalue weighted by molar-refractivity contribution is -0.133. The molecule has 2 aromatic rings. The van der Waals surface area contributed by atoms with Gasteiger partial charge in [-0.3, -0.25) is 14.3 Å². The predicted molar refractivity (Wildman–Crippen MR) is 107 cm³/mol. The zero-order chi connectivity index (χ0) is 19.6. The van der Waals surface area contributed by atoms with Crippen molar-refractivity contribution in [3.05, 3.63) is 47.3 Å². The molecule has 1 aromatic carbocycles. The van der Waals surface area contributed by atoms with Crippen molar-refractivity contribution in [3.8, 4) is 0 Å². The molecule has 0 aliphatic heterocycles. The van der Waals surface area contributed by atoms with E-state index in [-0.39, 0.29) is 17.2 Å². The summed E-state index contributed by atoms with van der Waals surface area (Å²) in [6.07, 6.45) is 2.30. The monoisotopic (exact) mass is 387 g/mol. The Labute approximate surface area is 163 Å². The van der Waals surface area contributed by atoms with E-state index in [1.54, 1.807) is 0 Å². The van der Waals surface area contributed by atoms with E-state index in [9.17, 15) is 9.59 Å². The van der Waals surface area contributed by atoms with Crippen molar-refractivity contribution >= 4 is 29.3 Å². The van der Waals surface area contributed by atoms with Crippen LogP contribution in [0.3, 0.4) is 0 Å². The van der Waals surface area contributed by atoms with Gasteiger partial charge in [-0.2, -0.15) is 5.10 Å². The molecule has 0 saturated heterocycles. The normalized spacial score (nSPS) is 14.2. The van der Waals surface area contributed by atoms with Gasteiger partial charge >= 0.3 is 5.97 Å². The van der Waals surface area contributed by atoms with Crippen molar-refractivity contribution in [1.82, 2.24) is 9.78 Å². The number of hydrogen-bond acceptors (Lipinski definition) is 4. The predicted octanol–water partition coefficient (Wildman–Crippen LogP) is 4.09. The highest BCUT2D eigenvalue weighted by Crippen LogP contribution is 2.41. The average Bonchev–Trinajstić information content (AvgIpc) is 3.31. The summed E-state index contributed by atoms with van der Waals surface area (Å²) < 4.78 is 1.97. The zero-order valence-corrected chi connectivity index (χ0v) is 16.7. The molecule has 1 aliphatic rings.